The summed E-state index contributed by atoms with van der Waals surface area (Å²) in [6, 6.07) is 3.08. The summed E-state index contributed by atoms with van der Waals surface area (Å²) < 4.78 is 9.94. The SMILES string of the molecule is CC(C)(C)COCCOC(=O)C(C#N)C#N. The van der Waals surface area contributed by atoms with Crippen LogP contribution in [0.2, 0.25) is 0 Å². The number of rotatable bonds is 5. The van der Waals surface area contributed by atoms with E-state index in [4.69, 9.17) is 20.0 Å². The predicted octanol–water partition coefficient (Wildman–Crippen LogP) is 1.26. The van der Waals surface area contributed by atoms with Crippen molar-refractivity contribution in [2.24, 2.45) is 11.3 Å². The Morgan fingerprint density at radius 1 is 1.25 bits per heavy atom. The van der Waals surface area contributed by atoms with Crippen LogP contribution in [0.1, 0.15) is 20.8 Å². The zero-order valence-electron chi connectivity index (χ0n) is 9.82. The van der Waals surface area contributed by atoms with Gasteiger partial charge in [-0.1, -0.05) is 20.8 Å². The predicted molar refractivity (Wildman–Crippen MR) is 55.9 cm³/mol. The lowest BCUT2D eigenvalue weighted by atomic mass is 9.99. The van der Waals surface area contributed by atoms with E-state index in [0.29, 0.717) is 6.61 Å². The normalized spacial score (nSPS) is 10.6. The summed E-state index contributed by atoms with van der Waals surface area (Å²) in [6.45, 7) is 6.98. The van der Waals surface area contributed by atoms with Gasteiger partial charge in [0.25, 0.3) is 0 Å². The molecule has 0 aliphatic heterocycles. The molecule has 0 aliphatic carbocycles. The van der Waals surface area contributed by atoms with E-state index in [9.17, 15) is 4.79 Å². The molecule has 0 heterocycles. The van der Waals surface area contributed by atoms with E-state index in [1.54, 1.807) is 12.1 Å². The topological polar surface area (TPSA) is 83.1 Å². The van der Waals surface area contributed by atoms with E-state index in [-0.39, 0.29) is 18.6 Å². The number of hydrogen-bond acceptors (Lipinski definition) is 5. The Morgan fingerprint density at radius 2 is 1.81 bits per heavy atom. The first-order valence-electron chi connectivity index (χ1n) is 4.94. The van der Waals surface area contributed by atoms with Gasteiger partial charge in [0.05, 0.1) is 25.4 Å². The Morgan fingerprint density at radius 3 is 2.25 bits per heavy atom. The van der Waals surface area contributed by atoms with Gasteiger partial charge in [-0.3, -0.25) is 0 Å². The van der Waals surface area contributed by atoms with Gasteiger partial charge in [0.2, 0.25) is 5.92 Å². The fourth-order valence-corrected chi connectivity index (χ4v) is 0.797. The molecule has 0 spiro atoms. The number of nitriles is 2. The van der Waals surface area contributed by atoms with E-state index in [1.165, 1.54) is 0 Å². The van der Waals surface area contributed by atoms with Gasteiger partial charge in [-0.15, -0.1) is 0 Å². The zero-order chi connectivity index (χ0) is 12.6. The maximum atomic E-state index is 11.0. The molecule has 16 heavy (non-hydrogen) atoms. The molecule has 0 aromatic heterocycles. The van der Waals surface area contributed by atoms with Crippen molar-refractivity contribution in [3.63, 3.8) is 0 Å². The molecule has 0 fully saturated rings. The molecule has 0 aromatic rings. The standard InChI is InChI=1S/C11H16N2O3/c1-11(2,3)8-15-4-5-16-10(14)9(6-12)7-13/h9H,4-5,8H2,1-3H3. The summed E-state index contributed by atoms with van der Waals surface area (Å²) in [7, 11) is 0. The van der Waals surface area contributed by atoms with Gasteiger partial charge in [0, 0.05) is 0 Å². The first-order chi connectivity index (χ1) is 7.40. The molecule has 0 rings (SSSR count). The van der Waals surface area contributed by atoms with Crippen molar-refractivity contribution in [3.8, 4) is 12.1 Å². The van der Waals surface area contributed by atoms with Crippen molar-refractivity contribution in [1.29, 1.82) is 10.5 Å². The quantitative estimate of drug-likeness (QED) is 0.518. The third-order valence-electron chi connectivity index (χ3n) is 1.50. The van der Waals surface area contributed by atoms with E-state index in [2.05, 4.69) is 0 Å². The first-order valence-corrected chi connectivity index (χ1v) is 4.94. The number of carbonyl (C=O) groups is 1. The number of esters is 1. The van der Waals surface area contributed by atoms with Gasteiger partial charge < -0.3 is 9.47 Å². The summed E-state index contributed by atoms with van der Waals surface area (Å²) >= 11 is 0. The number of carbonyl (C=O) groups excluding carboxylic acids is 1. The second-order valence-electron chi connectivity index (χ2n) is 4.47. The second-order valence-corrected chi connectivity index (χ2v) is 4.47. The van der Waals surface area contributed by atoms with Crippen molar-refractivity contribution >= 4 is 5.97 Å². The zero-order valence-corrected chi connectivity index (χ0v) is 9.82. The molecule has 0 saturated carbocycles. The number of nitrogens with zero attached hydrogens (tertiary/aromatic N) is 2. The van der Waals surface area contributed by atoms with Crippen molar-refractivity contribution < 1.29 is 14.3 Å². The highest BCUT2D eigenvalue weighted by Gasteiger charge is 2.18. The Kier molecular flexibility index (Phi) is 6.14. The molecule has 0 N–H and O–H groups in total. The molecule has 0 atom stereocenters. The Hall–Kier alpha value is -1.59. The van der Waals surface area contributed by atoms with Crippen LogP contribution in [0.4, 0.5) is 0 Å². The summed E-state index contributed by atoms with van der Waals surface area (Å²) in [5.74, 6) is -2.16. The summed E-state index contributed by atoms with van der Waals surface area (Å²) in [4.78, 5) is 11.0. The molecular formula is C11H16N2O3. The van der Waals surface area contributed by atoms with Crippen molar-refractivity contribution in [1.82, 2.24) is 0 Å². The van der Waals surface area contributed by atoms with Crippen LogP contribution >= 0.6 is 0 Å². The highest BCUT2D eigenvalue weighted by Crippen LogP contribution is 2.12. The van der Waals surface area contributed by atoms with Crippen molar-refractivity contribution in [3.05, 3.63) is 0 Å². The van der Waals surface area contributed by atoms with Crippen LogP contribution in [0.15, 0.2) is 0 Å². The van der Waals surface area contributed by atoms with E-state index >= 15 is 0 Å². The van der Waals surface area contributed by atoms with Crippen LogP contribution in [0.25, 0.3) is 0 Å². The van der Waals surface area contributed by atoms with Crippen molar-refractivity contribution in [2.75, 3.05) is 19.8 Å². The highest BCUT2D eigenvalue weighted by molar-refractivity contribution is 5.78. The second kappa shape index (κ2) is 6.81. The summed E-state index contributed by atoms with van der Waals surface area (Å²) in [6.07, 6.45) is 0. The van der Waals surface area contributed by atoms with E-state index < -0.39 is 11.9 Å². The van der Waals surface area contributed by atoms with Gasteiger partial charge in [-0.05, 0) is 5.41 Å². The van der Waals surface area contributed by atoms with Crippen molar-refractivity contribution in [2.45, 2.75) is 20.8 Å². The monoisotopic (exact) mass is 224 g/mol. The maximum absolute atomic E-state index is 11.0. The van der Waals surface area contributed by atoms with Crippen LogP contribution in [0.3, 0.4) is 0 Å². The molecule has 0 unspecified atom stereocenters. The molecule has 0 amide bonds. The van der Waals surface area contributed by atoms with Gasteiger partial charge in [0.15, 0.2) is 0 Å². The average Bonchev–Trinajstić information content (AvgIpc) is 2.17. The lowest BCUT2D eigenvalue weighted by Gasteiger charge is -2.17. The van der Waals surface area contributed by atoms with Crippen LogP contribution in [0.5, 0.6) is 0 Å². The average molecular weight is 224 g/mol. The van der Waals surface area contributed by atoms with Gasteiger partial charge in [-0.2, -0.15) is 10.5 Å². The van der Waals surface area contributed by atoms with Crippen LogP contribution in [0, 0.1) is 34.0 Å². The minimum atomic E-state index is -1.34. The summed E-state index contributed by atoms with van der Waals surface area (Å²) in [5.41, 5.74) is 0.0614. The molecule has 5 heteroatoms. The molecule has 0 aliphatic rings. The largest absolute Gasteiger partial charge is 0.461 e. The molecular weight excluding hydrogens is 208 g/mol. The molecule has 0 aromatic carbocycles. The van der Waals surface area contributed by atoms with Gasteiger partial charge >= 0.3 is 5.97 Å². The molecule has 5 nitrogen and oxygen atoms in total. The van der Waals surface area contributed by atoms with Gasteiger partial charge in [0.1, 0.15) is 6.61 Å². The Bertz CT molecular complexity index is 293. The first kappa shape index (κ1) is 14.4. The fourth-order valence-electron chi connectivity index (χ4n) is 0.797. The minimum absolute atomic E-state index is 0.0614. The third kappa shape index (κ3) is 6.80. The lowest BCUT2D eigenvalue weighted by molar-refractivity contribution is -0.146. The highest BCUT2D eigenvalue weighted by atomic mass is 16.6. The van der Waals surface area contributed by atoms with E-state index in [0.717, 1.165) is 0 Å². The third-order valence-corrected chi connectivity index (χ3v) is 1.50. The molecule has 0 bridgehead atoms. The Balaban J connectivity index is 3.65. The van der Waals surface area contributed by atoms with Crippen LogP contribution in [-0.2, 0) is 14.3 Å². The minimum Gasteiger partial charge on any atom is -0.461 e. The number of hydrogen-bond donors (Lipinski definition) is 0. The molecule has 88 valence electrons. The molecule has 0 radical (unpaired) electrons. The summed E-state index contributed by atoms with van der Waals surface area (Å²) in [5, 5.41) is 16.8. The van der Waals surface area contributed by atoms with Crippen LogP contribution in [-0.4, -0.2) is 25.8 Å². The Labute approximate surface area is 95.6 Å². The maximum Gasteiger partial charge on any atom is 0.338 e. The molecule has 0 saturated heterocycles. The smallest absolute Gasteiger partial charge is 0.338 e. The van der Waals surface area contributed by atoms with Gasteiger partial charge in [-0.25, -0.2) is 4.79 Å². The van der Waals surface area contributed by atoms with Crippen LogP contribution < -0.4 is 0 Å². The fraction of sp³-hybridized carbons (Fsp3) is 0.727. The lowest BCUT2D eigenvalue weighted by Crippen LogP contribution is -2.20. The van der Waals surface area contributed by atoms with E-state index in [1.807, 2.05) is 20.8 Å². The number of ether oxygens (including phenoxy) is 2.